The third-order valence-electron chi connectivity index (χ3n) is 3.66. The van der Waals surface area contributed by atoms with E-state index in [1.807, 2.05) is 24.0 Å². The first kappa shape index (κ1) is 15.8. The van der Waals surface area contributed by atoms with Crippen LogP contribution in [-0.4, -0.2) is 35.0 Å². The maximum Gasteiger partial charge on any atom is 0.223 e. The lowest BCUT2D eigenvalue weighted by Gasteiger charge is -2.33. The average molecular weight is 290 g/mol. The van der Waals surface area contributed by atoms with E-state index >= 15 is 0 Å². The van der Waals surface area contributed by atoms with Crippen molar-refractivity contribution in [1.82, 2.24) is 9.88 Å². The molecule has 2 rings (SSSR count). The van der Waals surface area contributed by atoms with Gasteiger partial charge in [-0.05, 0) is 24.5 Å². The summed E-state index contributed by atoms with van der Waals surface area (Å²) in [6, 6.07) is 3.91. The highest BCUT2D eigenvalue weighted by molar-refractivity contribution is 5.76. The topological polar surface area (TPSA) is 42.4 Å². The Morgan fingerprint density at radius 3 is 2.52 bits per heavy atom. The maximum absolute atomic E-state index is 12.2. The molecule has 116 valence electrons. The van der Waals surface area contributed by atoms with Gasteiger partial charge in [0, 0.05) is 38.0 Å². The number of aryl methyl sites for hydroxylation is 1. The normalized spacial score (nSPS) is 16.9. The van der Waals surface area contributed by atoms with Crippen LogP contribution >= 0.6 is 0 Å². The number of nitrogens with zero attached hydrogens (tertiary/aromatic N) is 2. The van der Waals surface area contributed by atoms with Gasteiger partial charge in [0.05, 0.1) is 6.20 Å². The van der Waals surface area contributed by atoms with Crippen LogP contribution in [0.2, 0.25) is 0 Å². The third-order valence-corrected chi connectivity index (χ3v) is 3.66. The Morgan fingerprint density at radius 1 is 1.33 bits per heavy atom. The molecule has 1 saturated heterocycles. The minimum Gasteiger partial charge on any atom is -0.489 e. The number of amides is 1. The number of hydrogen-bond acceptors (Lipinski definition) is 3. The predicted octanol–water partition coefficient (Wildman–Crippen LogP) is 3.20. The number of likely N-dealkylation sites (tertiary alicyclic amines) is 1. The fraction of sp³-hybridized carbons (Fsp3) is 0.647. The molecule has 1 aliphatic heterocycles. The fourth-order valence-electron chi connectivity index (χ4n) is 2.50. The van der Waals surface area contributed by atoms with Gasteiger partial charge in [0.1, 0.15) is 11.9 Å². The molecule has 0 bridgehead atoms. The molecular formula is C17H26N2O2. The lowest BCUT2D eigenvalue weighted by Crippen LogP contribution is -2.42. The van der Waals surface area contributed by atoms with Gasteiger partial charge in [-0.25, -0.2) is 0 Å². The van der Waals surface area contributed by atoms with Crippen LogP contribution in [0.4, 0.5) is 0 Å². The van der Waals surface area contributed by atoms with Crippen molar-refractivity contribution in [3.8, 4) is 5.75 Å². The minimum absolute atomic E-state index is 0.0536. The second-order valence-electron chi connectivity index (χ2n) is 7.07. The lowest BCUT2D eigenvalue weighted by molar-refractivity contribution is -0.134. The fourth-order valence-corrected chi connectivity index (χ4v) is 2.50. The molecule has 1 aromatic rings. The summed E-state index contributed by atoms with van der Waals surface area (Å²) in [6.07, 6.45) is 4.36. The highest BCUT2D eigenvalue weighted by Gasteiger charge is 2.26. The van der Waals surface area contributed by atoms with Crippen molar-refractivity contribution in [3.05, 3.63) is 24.0 Å². The molecular weight excluding hydrogens is 264 g/mol. The molecule has 0 atom stereocenters. The molecule has 0 spiro atoms. The van der Waals surface area contributed by atoms with Crippen molar-refractivity contribution < 1.29 is 9.53 Å². The van der Waals surface area contributed by atoms with Crippen LogP contribution in [-0.2, 0) is 4.79 Å². The summed E-state index contributed by atoms with van der Waals surface area (Å²) in [5, 5.41) is 0. The van der Waals surface area contributed by atoms with E-state index in [0.29, 0.717) is 6.42 Å². The van der Waals surface area contributed by atoms with E-state index in [-0.39, 0.29) is 17.4 Å². The van der Waals surface area contributed by atoms with Gasteiger partial charge >= 0.3 is 0 Å². The van der Waals surface area contributed by atoms with Crippen molar-refractivity contribution in [2.75, 3.05) is 13.1 Å². The number of hydrogen-bond donors (Lipinski definition) is 0. The smallest absolute Gasteiger partial charge is 0.223 e. The Morgan fingerprint density at radius 2 is 2.00 bits per heavy atom. The largest absolute Gasteiger partial charge is 0.489 e. The molecule has 1 aromatic heterocycles. The number of pyridine rings is 1. The first-order valence-electron chi connectivity index (χ1n) is 7.70. The second-order valence-corrected chi connectivity index (χ2v) is 7.07. The van der Waals surface area contributed by atoms with Crippen LogP contribution < -0.4 is 4.74 Å². The van der Waals surface area contributed by atoms with E-state index in [9.17, 15) is 4.79 Å². The quantitative estimate of drug-likeness (QED) is 0.858. The highest BCUT2D eigenvalue weighted by atomic mass is 16.5. The zero-order valence-electron chi connectivity index (χ0n) is 13.6. The summed E-state index contributed by atoms with van der Waals surface area (Å²) in [7, 11) is 0. The van der Waals surface area contributed by atoms with Crippen molar-refractivity contribution in [3.63, 3.8) is 0 Å². The summed E-state index contributed by atoms with van der Waals surface area (Å²) < 4.78 is 5.94. The molecule has 2 heterocycles. The number of rotatable bonds is 3. The van der Waals surface area contributed by atoms with Crippen molar-refractivity contribution in [1.29, 1.82) is 0 Å². The number of piperidine rings is 1. The lowest BCUT2D eigenvalue weighted by atomic mass is 9.91. The van der Waals surface area contributed by atoms with E-state index in [0.717, 1.165) is 37.4 Å². The van der Waals surface area contributed by atoms with Gasteiger partial charge < -0.3 is 9.64 Å². The summed E-state index contributed by atoms with van der Waals surface area (Å²) >= 11 is 0. The van der Waals surface area contributed by atoms with E-state index < -0.39 is 0 Å². The third kappa shape index (κ3) is 5.03. The van der Waals surface area contributed by atoms with E-state index in [2.05, 4.69) is 25.8 Å². The average Bonchev–Trinajstić information content (AvgIpc) is 2.40. The van der Waals surface area contributed by atoms with Crippen LogP contribution in [0.5, 0.6) is 5.75 Å². The molecule has 21 heavy (non-hydrogen) atoms. The van der Waals surface area contributed by atoms with Gasteiger partial charge in [0.2, 0.25) is 5.91 Å². The molecule has 0 aromatic carbocycles. The van der Waals surface area contributed by atoms with E-state index in [4.69, 9.17) is 4.74 Å². The van der Waals surface area contributed by atoms with Gasteiger partial charge in [-0.3, -0.25) is 9.78 Å². The molecule has 0 aliphatic carbocycles. The highest BCUT2D eigenvalue weighted by Crippen LogP contribution is 2.23. The Kier molecular flexibility index (Phi) is 4.86. The molecule has 0 N–H and O–H groups in total. The van der Waals surface area contributed by atoms with Crippen LogP contribution in [0, 0.1) is 12.3 Å². The molecule has 4 heteroatoms. The van der Waals surface area contributed by atoms with E-state index in [1.165, 1.54) is 0 Å². The van der Waals surface area contributed by atoms with Gasteiger partial charge in [0.15, 0.2) is 0 Å². The number of aromatic nitrogens is 1. The van der Waals surface area contributed by atoms with Crippen molar-refractivity contribution in [2.24, 2.45) is 5.41 Å². The maximum atomic E-state index is 12.2. The SMILES string of the molecule is Cc1ccc(OC2CCN(C(=O)CC(C)(C)C)CC2)cn1. The van der Waals surface area contributed by atoms with Crippen LogP contribution in [0.3, 0.4) is 0 Å². The van der Waals surface area contributed by atoms with E-state index in [1.54, 1.807) is 6.20 Å². The predicted molar refractivity (Wildman–Crippen MR) is 83.3 cm³/mol. The van der Waals surface area contributed by atoms with Crippen molar-refractivity contribution >= 4 is 5.91 Å². The molecule has 0 unspecified atom stereocenters. The van der Waals surface area contributed by atoms with Gasteiger partial charge in [-0.1, -0.05) is 20.8 Å². The van der Waals surface area contributed by atoms with Gasteiger partial charge in [-0.2, -0.15) is 0 Å². The summed E-state index contributed by atoms with van der Waals surface area (Å²) in [4.78, 5) is 18.4. The minimum atomic E-state index is 0.0536. The molecule has 1 amide bonds. The van der Waals surface area contributed by atoms with Crippen LogP contribution in [0.1, 0.15) is 45.7 Å². The molecule has 4 nitrogen and oxygen atoms in total. The Labute approximate surface area is 127 Å². The molecule has 0 radical (unpaired) electrons. The summed E-state index contributed by atoms with van der Waals surface area (Å²) in [5.74, 6) is 1.08. The standard InChI is InChI=1S/C17H26N2O2/c1-13-5-6-15(12-18-13)21-14-7-9-19(10-8-14)16(20)11-17(2,3)4/h5-6,12,14H,7-11H2,1-4H3. The molecule has 1 fully saturated rings. The first-order valence-corrected chi connectivity index (χ1v) is 7.70. The summed E-state index contributed by atoms with van der Waals surface area (Å²) in [5.41, 5.74) is 1.04. The zero-order valence-corrected chi connectivity index (χ0v) is 13.6. The van der Waals surface area contributed by atoms with Crippen molar-refractivity contribution in [2.45, 2.75) is 53.1 Å². The Hall–Kier alpha value is -1.58. The van der Waals surface area contributed by atoms with Gasteiger partial charge in [0.25, 0.3) is 0 Å². The second kappa shape index (κ2) is 6.46. The zero-order chi connectivity index (χ0) is 15.5. The van der Waals surface area contributed by atoms with Crippen LogP contribution in [0.15, 0.2) is 18.3 Å². The molecule has 1 aliphatic rings. The monoisotopic (exact) mass is 290 g/mol. The number of carbonyl (C=O) groups excluding carboxylic acids is 1. The number of ether oxygens (including phenoxy) is 1. The Bertz CT molecular complexity index is 469. The number of carbonyl (C=O) groups is 1. The van der Waals surface area contributed by atoms with Gasteiger partial charge in [-0.15, -0.1) is 0 Å². The first-order chi connectivity index (χ1) is 9.83. The van der Waals surface area contributed by atoms with Crippen LogP contribution in [0.25, 0.3) is 0 Å². The Balaban J connectivity index is 1.80. The summed E-state index contributed by atoms with van der Waals surface area (Å²) in [6.45, 7) is 9.85. The molecule has 0 saturated carbocycles.